The van der Waals surface area contributed by atoms with Gasteiger partial charge in [0.15, 0.2) is 5.82 Å². The van der Waals surface area contributed by atoms with E-state index < -0.39 is 23.9 Å². The number of hydrogen-bond acceptors (Lipinski definition) is 6. The fourth-order valence-electron chi connectivity index (χ4n) is 3.93. The Hall–Kier alpha value is -4.53. The molecule has 1 atom stereocenters. The molecule has 0 aliphatic carbocycles. The van der Waals surface area contributed by atoms with Crippen molar-refractivity contribution in [1.29, 1.82) is 0 Å². The quantitative estimate of drug-likeness (QED) is 0.383. The maximum absolute atomic E-state index is 14.3. The Balaban J connectivity index is 1.53. The van der Waals surface area contributed by atoms with Gasteiger partial charge in [0.05, 0.1) is 11.6 Å². The summed E-state index contributed by atoms with van der Waals surface area (Å²) in [5.41, 5.74) is 1.67. The minimum absolute atomic E-state index is 0.00904. The van der Waals surface area contributed by atoms with E-state index >= 15 is 0 Å². The van der Waals surface area contributed by atoms with Crippen LogP contribution in [0, 0.1) is 5.82 Å². The van der Waals surface area contributed by atoms with Gasteiger partial charge in [0, 0.05) is 10.8 Å². The second-order valence-corrected chi connectivity index (χ2v) is 7.86. The fraction of sp³-hybridized carbons (Fsp3) is 0.120. The zero-order valence-electron chi connectivity index (χ0n) is 18.0. The fourth-order valence-corrected chi connectivity index (χ4v) is 3.93. The SMILES string of the molecule is C[C@@H](Nc1nnc(-c2ccccc2F)n(CC(=O)O)c1=O)c1ccc2oc3ccccc3c2c1. The summed E-state index contributed by atoms with van der Waals surface area (Å²) in [5.74, 6) is -2.19. The van der Waals surface area contributed by atoms with Crippen molar-refractivity contribution in [3.8, 4) is 11.4 Å². The van der Waals surface area contributed by atoms with Crippen molar-refractivity contribution in [2.45, 2.75) is 19.5 Å². The lowest BCUT2D eigenvalue weighted by Gasteiger charge is -2.16. The molecule has 8 nitrogen and oxygen atoms in total. The summed E-state index contributed by atoms with van der Waals surface area (Å²) in [7, 11) is 0. The lowest BCUT2D eigenvalue weighted by molar-refractivity contribution is -0.137. The van der Waals surface area contributed by atoms with E-state index in [2.05, 4.69) is 15.5 Å². The first-order valence-corrected chi connectivity index (χ1v) is 10.5. The van der Waals surface area contributed by atoms with Gasteiger partial charge in [-0.1, -0.05) is 36.4 Å². The van der Waals surface area contributed by atoms with Gasteiger partial charge in [-0.15, -0.1) is 10.2 Å². The molecule has 0 radical (unpaired) electrons. The van der Waals surface area contributed by atoms with Gasteiger partial charge in [-0.05, 0) is 42.8 Å². The molecule has 0 amide bonds. The minimum atomic E-state index is -1.26. The van der Waals surface area contributed by atoms with E-state index in [-0.39, 0.29) is 23.2 Å². The van der Waals surface area contributed by atoms with E-state index in [4.69, 9.17) is 4.42 Å². The number of hydrogen-bond donors (Lipinski definition) is 2. The number of benzene rings is 3. The van der Waals surface area contributed by atoms with E-state index in [0.29, 0.717) is 0 Å². The largest absolute Gasteiger partial charge is 0.480 e. The number of halogens is 1. The van der Waals surface area contributed by atoms with Crippen LogP contribution in [0.1, 0.15) is 18.5 Å². The molecule has 0 saturated heterocycles. The van der Waals surface area contributed by atoms with Gasteiger partial charge in [-0.3, -0.25) is 14.2 Å². The monoisotopic (exact) mass is 458 g/mol. The first-order valence-electron chi connectivity index (χ1n) is 10.5. The molecule has 2 heterocycles. The van der Waals surface area contributed by atoms with Crippen molar-refractivity contribution in [1.82, 2.24) is 14.8 Å². The molecule has 0 aliphatic rings. The zero-order chi connectivity index (χ0) is 23.8. The molecular formula is C25H19FN4O4. The third-order valence-electron chi connectivity index (χ3n) is 5.61. The molecule has 0 saturated carbocycles. The highest BCUT2D eigenvalue weighted by atomic mass is 19.1. The lowest BCUT2D eigenvalue weighted by atomic mass is 10.0. The summed E-state index contributed by atoms with van der Waals surface area (Å²) in [6, 6.07) is 18.7. The van der Waals surface area contributed by atoms with E-state index in [1.54, 1.807) is 6.07 Å². The molecule has 2 N–H and O–H groups in total. The maximum atomic E-state index is 14.3. The standard InChI is InChI=1S/C25H19FN4O4/c1-14(15-10-11-21-18(12-15)16-6-3-5-9-20(16)34-21)27-23-25(33)30(13-22(31)32)24(29-28-23)17-7-2-4-8-19(17)26/h2-12,14H,13H2,1H3,(H,27,28)(H,31,32)/t14-/m1/s1. The number of nitrogens with zero attached hydrogens (tertiary/aromatic N) is 3. The number of carboxylic acid groups (broad SMARTS) is 1. The zero-order valence-corrected chi connectivity index (χ0v) is 18.0. The normalized spacial score (nSPS) is 12.2. The number of rotatable bonds is 6. The molecule has 170 valence electrons. The van der Waals surface area contributed by atoms with Gasteiger partial charge >= 0.3 is 5.97 Å². The molecule has 0 spiro atoms. The van der Waals surface area contributed by atoms with Crippen LogP contribution in [0.15, 0.2) is 75.9 Å². The topological polar surface area (TPSA) is 110 Å². The minimum Gasteiger partial charge on any atom is -0.480 e. The second-order valence-electron chi connectivity index (χ2n) is 7.86. The number of aliphatic carboxylic acids is 1. The van der Waals surface area contributed by atoms with Crippen LogP contribution in [0.2, 0.25) is 0 Å². The number of carbonyl (C=O) groups is 1. The molecule has 0 bridgehead atoms. The summed E-state index contributed by atoms with van der Waals surface area (Å²) in [6.45, 7) is 1.16. The molecule has 5 aromatic rings. The molecule has 5 rings (SSSR count). The lowest BCUT2D eigenvalue weighted by Crippen LogP contribution is -2.31. The molecular weight excluding hydrogens is 439 g/mol. The second kappa shape index (κ2) is 8.43. The Kier molecular flexibility index (Phi) is 5.29. The summed E-state index contributed by atoms with van der Waals surface area (Å²) in [4.78, 5) is 24.5. The van der Waals surface area contributed by atoms with Crippen LogP contribution in [-0.4, -0.2) is 25.8 Å². The van der Waals surface area contributed by atoms with Gasteiger partial charge in [0.2, 0.25) is 5.82 Å². The van der Waals surface area contributed by atoms with Crippen molar-refractivity contribution in [2.24, 2.45) is 0 Å². The number of aromatic nitrogens is 3. The molecule has 34 heavy (non-hydrogen) atoms. The Morgan fingerprint density at radius 2 is 1.79 bits per heavy atom. The van der Waals surface area contributed by atoms with Crippen molar-refractivity contribution in [3.63, 3.8) is 0 Å². The molecule has 9 heteroatoms. The number of fused-ring (bicyclic) bond motifs is 3. The van der Waals surface area contributed by atoms with Gasteiger partial charge < -0.3 is 14.8 Å². The van der Waals surface area contributed by atoms with Crippen LogP contribution >= 0.6 is 0 Å². The first kappa shape index (κ1) is 21.3. The highest BCUT2D eigenvalue weighted by molar-refractivity contribution is 6.05. The summed E-state index contributed by atoms with van der Waals surface area (Å²) < 4.78 is 21.1. The first-order chi connectivity index (χ1) is 16.4. The summed E-state index contributed by atoms with van der Waals surface area (Å²) in [5, 5.41) is 22.2. The number of furan rings is 1. The molecule has 0 unspecified atom stereocenters. The summed E-state index contributed by atoms with van der Waals surface area (Å²) in [6.07, 6.45) is 0. The number of para-hydroxylation sites is 1. The van der Waals surface area contributed by atoms with E-state index in [0.717, 1.165) is 32.1 Å². The predicted octanol–water partition coefficient (Wildman–Crippen LogP) is 4.60. The van der Waals surface area contributed by atoms with Gasteiger partial charge in [-0.2, -0.15) is 0 Å². The van der Waals surface area contributed by atoms with Gasteiger partial charge in [0.25, 0.3) is 5.56 Å². The Morgan fingerprint density at radius 3 is 2.59 bits per heavy atom. The van der Waals surface area contributed by atoms with Gasteiger partial charge in [0.1, 0.15) is 23.5 Å². The highest BCUT2D eigenvalue weighted by Gasteiger charge is 2.20. The molecule has 3 aromatic carbocycles. The third-order valence-corrected chi connectivity index (χ3v) is 5.61. The maximum Gasteiger partial charge on any atom is 0.323 e. The molecule has 2 aromatic heterocycles. The van der Waals surface area contributed by atoms with Crippen molar-refractivity contribution >= 4 is 33.7 Å². The van der Waals surface area contributed by atoms with Crippen LogP contribution in [0.4, 0.5) is 10.2 Å². The number of nitrogens with one attached hydrogen (secondary N) is 1. The number of anilines is 1. The van der Waals surface area contributed by atoms with E-state index in [1.807, 2.05) is 49.4 Å². The van der Waals surface area contributed by atoms with E-state index in [1.165, 1.54) is 18.2 Å². The van der Waals surface area contributed by atoms with Crippen LogP contribution in [-0.2, 0) is 11.3 Å². The average Bonchev–Trinajstić information content (AvgIpc) is 3.20. The Morgan fingerprint density at radius 1 is 1.06 bits per heavy atom. The smallest absolute Gasteiger partial charge is 0.323 e. The van der Waals surface area contributed by atoms with Crippen molar-refractivity contribution in [2.75, 3.05) is 5.32 Å². The van der Waals surface area contributed by atoms with Gasteiger partial charge in [-0.25, -0.2) is 4.39 Å². The Labute approximate surface area is 192 Å². The Bertz CT molecular complexity index is 1610. The molecule has 0 aliphatic heterocycles. The van der Waals surface area contributed by atoms with Crippen LogP contribution in [0.25, 0.3) is 33.3 Å². The molecule has 0 fully saturated rings. The summed E-state index contributed by atoms with van der Waals surface area (Å²) >= 11 is 0. The average molecular weight is 458 g/mol. The van der Waals surface area contributed by atoms with Crippen LogP contribution in [0.3, 0.4) is 0 Å². The predicted molar refractivity (Wildman–Crippen MR) is 125 cm³/mol. The van der Waals surface area contributed by atoms with Crippen LogP contribution in [0.5, 0.6) is 0 Å². The highest BCUT2D eigenvalue weighted by Crippen LogP contribution is 2.31. The van der Waals surface area contributed by atoms with Crippen molar-refractivity contribution < 1.29 is 18.7 Å². The van der Waals surface area contributed by atoms with E-state index in [9.17, 15) is 19.1 Å². The third kappa shape index (κ3) is 3.77. The van der Waals surface area contributed by atoms with Crippen molar-refractivity contribution in [3.05, 3.63) is 88.5 Å². The number of carboxylic acids is 1. The van der Waals surface area contributed by atoms with Crippen LogP contribution < -0.4 is 10.9 Å².